The van der Waals surface area contributed by atoms with Crippen LogP contribution in [0, 0.1) is 0 Å². The first-order valence-corrected chi connectivity index (χ1v) is 5.50. The zero-order valence-electron chi connectivity index (χ0n) is 10.6. The molecule has 0 atom stereocenters. The van der Waals surface area contributed by atoms with Gasteiger partial charge in [-0.3, -0.25) is 4.79 Å². The van der Waals surface area contributed by atoms with Crippen molar-refractivity contribution in [3.05, 3.63) is 18.2 Å². The summed E-state index contributed by atoms with van der Waals surface area (Å²) >= 11 is 0. The topological polar surface area (TPSA) is 82.8 Å². The molecule has 0 fully saturated rings. The molecule has 0 spiro atoms. The zero-order valence-corrected chi connectivity index (χ0v) is 10.6. The number of hydrogen-bond acceptors (Lipinski definition) is 5. The number of carbonyl (C=O) groups excluding carboxylic acids is 1. The van der Waals surface area contributed by atoms with Crippen LogP contribution >= 0.6 is 0 Å². The van der Waals surface area contributed by atoms with Gasteiger partial charge in [-0.15, -0.1) is 0 Å². The van der Waals surface area contributed by atoms with E-state index in [1.54, 1.807) is 32.4 Å². The minimum atomic E-state index is -0.251. The van der Waals surface area contributed by atoms with Crippen molar-refractivity contribution < 1.29 is 19.0 Å². The predicted octanol–water partition coefficient (Wildman–Crippen LogP) is 0.618. The van der Waals surface area contributed by atoms with E-state index in [2.05, 4.69) is 5.32 Å². The van der Waals surface area contributed by atoms with Crippen LogP contribution in [0.3, 0.4) is 0 Å². The molecule has 0 aromatic heterocycles. The molecule has 0 radical (unpaired) electrons. The number of nitrogens with two attached hydrogens (primary N) is 1. The monoisotopic (exact) mass is 254 g/mol. The molecule has 3 N–H and O–H groups in total. The molecule has 0 aliphatic carbocycles. The van der Waals surface area contributed by atoms with Gasteiger partial charge in [0.1, 0.15) is 18.1 Å². The number of carbonyl (C=O) groups is 1. The lowest BCUT2D eigenvalue weighted by atomic mass is 10.2. The zero-order chi connectivity index (χ0) is 13.4. The summed E-state index contributed by atoms with van der Waals surface area (Å²) in [5.74, 6) is 0.957. The van der Waals surface area contributed by atoms with Crippen LogP contribution in [-0.4, -0.2) is 39.9 Å². The van der Waals surface area contributed by atoms with Crippen molar-refractivity contribution in [3.8, 4) is 11.5 Å². The highest BCUT2D eigenvalue weighted by atomic mass is 16.5. The van der Waals surface area contributed by atoms with Gasteiger partial charge in [0.25, 0.3) is 0 Å². The molecule has 0 aliphatic rings. The van der Waals surface area contributed by atoms with E-state index in [0.29, 0.717) is 30.3 Å². The standard InChI is InChI=1S/C12H18N2O4/c1-16-10-5-9(6-11(7-10)17-2)14-12(15)8-18-4-3-13/h5-7H,3-4,8,13H2,1-2H3,(H,14,15). The van der Waals surface area contributed by atoms with Gasteiger partial charge in [0.15, 0.2) is 0 Å². The molecule has 0 aliphatic heterocycles. The lowest BCUT2D eigenvalue weighted by Crippen LogP contribution is -2.20. The van der Waals surface area contributed by atoms with Crippen molar-refractivity contribution in [2.75, 3.05) is 39.3 Å². The average Bonchev–Trinajstić information content (AvgIpc) is 2.38. The minimum Gasteiger partial charge on any atom is -0.497 e. The number of hydrogen-bond donors (Lipinski definition) is 2. The molecule has 1 rings (SSSR count). The van der Waals surface area contributed by atoms with Crippen molar-refractivity contribution >= 4 is 11.6 Å². The van der Waals surface area contributed by atoms with Crippen LogP contribution in [0.25, 0.3) is 0 Å². The summed E-state index contributed by atoms with van der Waals surface area (Å²) in [5.41, 5.74) is 5.84. The number of benzene rings is 1. The van der Waals surface area contributed by atoms with Crippen molar-refractivity contribution in [2.45, 2.75) is 0 Å². The number of ether oxygens (including phenoxy) is 3. The maximum Gasteiger partial charge on any atom is 0.250 e. The maximum absolute atomic E-state index is 11.5. The first-order valence-electron chi connectivity index (χ1n) is 5.50. The Hall–Kier alpha value is -1.79. The molecule has 6 heteroatoms. The first kappa shape index (κ1) is 14.3. The fourth-order valence-electron chi connectivity index (χ4n) is 1.32. The molecule has 1 amide bonds. The lowest BCUT2D eigenvalue weighted by Gasteiger charge is -2.10. The average molecular weight is 254 g/mol. The third-order valence-electron chi connectivity index (χ3n) is 2.13. The summed E-state index contributed by atoms with van der Waals surface area (Å²) in [6.45, 7) is 0.714. The Bertz CT molecular complexity index is 373. The molecule has 0 heterocycles. The smallest absolute Gasteiger partial charge is 0.250 e. The van der Waals surface area contributed by atoms with E-state index >= 15 is 0 Å². The molecule has 0 unspecified atom stereocenters. The first-order chi connectivity index (χ1) is 8.69. The lowest BCUT2D eigenvalue weighted by molar-refractivity contribution is -0.120. The van der Waals surface area contributed by atoms with Crippen LogP contribution < -0.4 is 20.5 Å². The normalized spacial score (nSPS) is 9.94. The van der Waals surface area contributed by atoms with Crippen LogP contribution in [-0.2, 0) is 9.53 Å². The summed E-state index contributed by atoms with van der Waals surface area (Å²) in [7, 11) is 3.09. The molecular formula is C12H18N2O4. The molecule has 6 nitrogen and oxygen atoms in total. The fourth-order valence-corrected chi connectivity index (χ4v) is 1.32. The molecule has 18 heavy (non-hydrogen) atoms. The van der Waals surface area contributed by atoms with Gasteiger partial charge >= 0.3 is 0 Å². The van der Waals surface area contributed by atoms with Gasteiger partial charge in [-0.25, -0.2) is 0 Å². The third-order valence-corrected chi connectivity index (χ3v) is 2.13. The Morgan fingerprint density at radius 3 is 2.33 bits per heavy atom. The second kappa shape index (κ2) is 7.52. The summed E-state index contributed by atoms with van der Waals surface area (Å²) in [6.07, 6.45) is 0. The van der Waals surface area contributed by atoms with E-state index in [9.17, 15) is 4.79 Å². The van der Waals surface area contributed by atoms with Gasteiger partial charge in [0.2, 0.25) is 5.91 Å². The Balaban J connectivity index is 2.62. The van der Waals surface area contributed by atoms with Gasteiger partial charge < -0.3 is 25.3 Å². The maximum atomic E-state index is 11.5. The van der Waals surface area contributed by atoms with Gasteiger partial charge in [0.05, 0.1) is 20.8 Å². The second-order valence-electron chi connectivity index (χ2n) is 3.49. The second-order valence-corrected chi connectivity index (χ2v) is 3.49. The van der Waals surface area contributed by atoms with Gasteiger partial charge in [-0.1, -0.05) is 0 Å². The van der Waals surface area contributed by atoms with Crippen molar-refractivity contribution in [3.63, 3.8) is 0 Å². The van der Waals surface area contributed by atoms with Crippen LogP contribution in [0.15, 0.2) is 18.2 Å². The number of amides is 1. The van der Waals surface area contributed by atoms with Gasteiger partial charge in [0, 0.05) is 30.4 Å². The highest BCUT2D eigenvalue weighted by molar-refractivity contribution is 5.92. The molecule has 0 saturated heterocycles. The van der Waals surface area contributed by atoms with Crippen LogP contribution in [0.2, 0.25) is 0 Å². The van der Waals surface area contributed by atoms with E-state index in [-0.39, 0.29) is 12.5 Å². The number of nitrogens with one attached hydrogen (secondary N) is 1. The number of anilines is 1. The van der Waals surface area contributed by atoms with E-state index in [1.165, 1.54) is 0 Å². The quantitative estimate of drug-likeness (QED) is 0.697. The summed E-state index contributed by atoms with van der Waals surface area (Å²) in [5, 5.41) is 2.69. The van der Waals surface area contributed by atoms with E-state index in [1.807, 2.05) is 0 Å². The Labute approximate surface area is 106 Å². The molecular weight excluding hydrogens is 236 g/mol. The number of rotatable bonds is 7. The SMILES string of the molecule is COc1cc(NC(=O)COCCN)cc(OC)c1. The number of methoxy groups -OCH3 is 2. The van der Waals surface area contributed by atoms with E-state index in [4.69, 9.17) is 19.9 Å². The Kier molecular flexibility index (Phi) is 5.96. The Morgan fingerprint density at radius 1 is 1.22 bits per heavy atom. The molecule has 0 bridgehead atoms. The highest BCUT2D eigenvalue weighted by Crippen LogP contribution is 2.25. The molecule has 1 aromatic carbocycles. The largest absolute Gasteiger partial charge is 0.497 e. The minimum absolute atomic E-state index is 0.0310. The molecule has 1 aromatic rings. The fraction of sp³-hybridized carbons (Fsp3) is 0.417. The summed E-state index contributed by atoms with van der Waals surface area (Å²) < 4.78 is 15.2. The summed E-state index contributed by atoms with van der Waals surface area (Å²) in [4.78, 5) is 11.5. The van der Waals surface area contributed by atoms with Crippen molar-refractivity contribution in [1.29, 1.82) is 0 Å². The van der Waals surface area contributed by atoms with Crippen LogP contribution in [0.1, 0.15) is 0 Å². The molecule has 0 saturated carbocycles. The predicted molar refractivity (Wildman–Crippen MR) is 68.0 cm³/mol. The highest BCUT2D eigenvalue weighted by Gasteiger charge is 2.06. The summed E-state index contributed by atoms with van der Waals surface area (Å²) in [6, 6.07) is 5.12. The van der Waals surface area contributed by atoms with Crippen molar-refractivity contribution in [2.24, 2.45) is 5.73 Å². The van der Waals surface area contributed by atoms with Gasteiger partial charge in [-0.2, -0.15) is 0 Å². The van der Waals surface area contributed by atoms with E-state index in [0.717, 1.165) is 0 Å². The Morgan fingerprint density at radius 2 is 1.83 bits per heavy atom. The van der Waals surface area contributed by atoms with E-state index < -0.39 is 0 Å². The van der Waals surface area contributed by atoms with Crippen LogP contribution in [0.5, 0.6) is 11.5 Å². The van der Waals surface area contributed by atoms with Crippen LogP contribution in [0.4, 0.5) is 5.69 Å². The third kappa shape index (κ3) is 4.60. The molecule has 100 valence electrons. The van der Waals surface area contributed by atoms with Crippen molar-refractivity contribution in [1.82, 2.24) is 0 Å². The van der Waals surface area contributed by atoms with Gasteiger partial charge in [-0.05, 0) is 0 Å².